The average molecular weight is 499 g/mol. The van der Waals surface area contributed by atoms with Gasteiger partial charge in [-0.05, 0) is 59.7 Å². The number of hydrogen-bond acceptors (Lipinski definition) is 4. The van der Waals surface area contributed by atoms with E-state index in [0.717, 1.165) is 28.3 Å². The van der Waals surface area contributed by atoms with Crippen LogP contribution in [0.1, 0.15) is 27.0 Å². The molecule has 3 aromatic rings. The molecule has 1 N–H and O–H groups in total. The van der Waals surface area contributed by atoms with Crippen molar-refractivity contribution >= 4 is 35.3 Å². The fraction of sp³-hybridized carbons (Fsp3) is 0.154. The molecule has 1 aliphatic heterocycles. The fourth-order valence-electron chi connectivity index (χ4n) is 3.48. The predicted octanol–water partition coefficient (Wildman–Crippen LogP) is 5.75. The lowest BCUT2D eigenvalue weighted by Gasteiger charge is -2.27. The number of nitrogens with one attached hydrogen (secondary N) is 1. The molecule has 0 saturated heterocycles. The Morgan fingerprint density at radius 1 is 1.06 bits per heavy atom. The molecule has 0 radical (unpaired) electrons. The summed E-state index contributed by atoms with van der Waals surface area (Å²) < 4.78 is 43.5. The summed E-state index contributed by atoms with van der Waals surface area (Å²) in [7, 11) is 3.18. The maximum absolute atomic E-state index is 12.9. The predicted molar refractivity (Wildman–Crippen MR) is 129 cm³/mol. The smallest absolute Gasteiger partial charge is 0.416 e. The second-order valence-corrected chi connectivity index (χ2v) is 8.89. The molecular formula is C26H21F3N2O3S. The number of amides is 2. The first-order valence-corrected chi connectivity index (χ1v) is 11.4. The highest BCUT2D eigenvalue weighted by Gasteiger charge is 2.30. The van der Waals surface area contributed by atoms with E-state index in [1.165, 1.54) is 28.8 Å². The van der Waals surface area contributed by atoms with E-state index in [1.807, 2.05) is 24.3 Å². The van der Waals surface area contributed by atoms with Gasteiger partial charge < -0.3 is 15.0 Å². The minimum Gasteiger partial charge on any atom is -0.497 e. The summed E-state index contributed by atoms with van der Waals surface area (Å²) in [5, 5.41) is 2.86. The van der Waals surface area contributed by atoms with E-state index < -0.39 is 11.7 Å². The van der Waals surface area contributed by atoms with Crippen LogP contribution < -0.4 is 15.0 Å². The van der Waals surface area contributed by atoms with Crippen LogP contribution in [0.2, 0.25) is 0 Å². The Kier molecular flexibility index (Phi) is 6.88. The number of ether oxygens (including phenoxy) is 1. The molecule has 2 amide bonds. The average Bonchev–Trinajstić information content (AvgIpc) is 2.85. The molecule has 0 saturated carbocycles. The van der Waals surface area contributed by atoms with Gasteiger partial charge in [-0.1, -0.05) is 36.0 Å². The molecule has 1 aliphatic rings. The van der Waals surface area contributed by atoms with Crippen LogP contribution in [0.15, 0.2) is 76.5 Å². The van der Waals surface area contributed by atoms with Crippen LogP contribution in [0.4, 0.5) is 18.9 Å². The number of likely N-dealkylation sites (N-methyl/N-ethyl adjacent to an activating group) is 1. The zero-order chi connectivity index (χ0) is 25.2. The van der Waals surface area contributed by atoms with Crippen LogP contribution >= 0.6 is 11.8 Å². The van der Waals surface area contributed by atoms with Crippen molar-refractivity contribution in [2.45, 2.75) is 17.6 Å². The van der Waals surface area contributed by atoms with Gasteiger partial charge in [0.05, 0.1) is 23.3 Å². The highest BCUT2D eigenvalue weighted by atomic mass is 32.2. The molecule has 5 nitrogen and oxygen atoms in total. The number of fused-ring (bicyclic) bond motifs is 1. The van der Waals surface area contributed by atoms with Crippen molar-refractivity contribution in [3.63, 3.8) is 0 Å². The molecule has 0 aromatic heterocycles. The summed E-state index contributed by atoms with van der Waals surface area (Å²) in [6.45, 7) is 0.337. The number of alkyl halides is 3. The van der Waals surface area contributed by atoms with E-state index in [4.69, 9.17) is 4.74 Å². The Balaban J connectivity index is 1.49. The molecule has 0 spiro atoms. The number of hydrogen-bond donors (Lipinski definition) is 1. The van der Waals surface area contributed by atoms with Gasteiger partial charge in [-0.15, -0.1) is 0 Å². The second-order valence-electron chi connectivity index (χ2n) is 7.81. The fourth-order valence-corrected chi connectivity index (χ4v) is 4.58. The highest BCUT2D eigenvalue weighted by molar-refractivity contribution is 8.04. The lowest BCUT2D eigenvalue weighted by Crippen LogP contribution is -2.31. The summed E-state index contributed by atoms with van der Waals surface area (Å²) in [4.78, 5) is 28.2. The SMILES string of the molecule is COc1ccc(CNC(=O)c2ccc3c(c2)N(C)C(=O)/C(=C/c2ccc(C(F)(F)F)cc2)S3)cc1. The number of nitrogens with zero attached hydrogens (tertiary/aromatic N) is 1. The van der Waals surface area contributed by atoms with E-state index in [1.54, 1.807) is 38.4 Å². The van der Waals surface area contributed by atoms with Gasteiger partial charge in [0, 0.05) is 24.1 Å². The zero-order valence-corrected chi connectivity index (χ0v) is 19.7. The van der Waals surface area contributed by atoms with E-state index >= 15 is 0 Å². The first kappa shape index (κ1) is 24.4. The third kappa shape index (κ3) is 5.51. The Hall–Kier alpha value is -3.72. The summed E-state index contributed by atoms with van der Waals surface area (Å²) in [6.07, 6.45) is -2.86. The highest BCUT2D eigenvalue weighted by Crippen LogP contribution is 2.42. The van der Waals surface area contributed by atoms with Crippen molar-refractivity contribution in [2.75, 3.05) is 19.1 Å². The molecular weight excluding hydrogens is 477 g/mol. The van der Waals surface area contributed by atoms with Crippen LogP contribution in [0.25, 0.3) is 6.08 Å². The number of methoxy groups -OCH3 is 1. The van der Waals surface area contributed by atoms with E-state index in [2.05, 4.69) is 5.32 Å². The van der Waals surface area contributed by atoms with Crippen molar-refractivity contribution in [3.8, 4) is 5.75 Å². The number of thioether (sulfide) groups is 1. The Morgan fingerprint density at radius 3 is 2.37 bits per heavy atom. The second kappa shape index (κ2) is 9.87. The third-order valence-electron chi connectivity index (χ3n) is 5.47. The summed E-state index contributed by atoms with van der Waals surface area (Å²) >= 11 is 1.21. The standard InChI is InChI=1S/C26H21F3N2O3S/c1-31-21-14-18(24(32)30-15-17-5-10-20(34-2)11-6-17)7-12-22(21)35-23(25(31)33)13-16-3-8-19(9-4-16)26(27,28)29/h3-14H,15H2,1-2H3,(H,30,32)/b23-13-. The number of rotatable bonds is 5. The van der Waals surface area contributed by atoms with Gasteiger partial charge in [0.2, 0.25) is 0 Å². The van der Waals surface area contributed by atoms with Gasteiger partial charge in [-0.3, -0.25) is 9.59 Å². The molecule has 4 rings (SSSR count). The summed E-state index contributed by atoms with van der Waals surface area (Å²) in [5.74, 6) is 0.144. The molecule has 0 fully saturated rings. The monoisotopic (exact) mass is 498 g/mol. The number of carbonyl (C=O) groups excluding carboxylic acids is 2. The van der Waals surface area contributed by atoms with Gasteiger partial charge >= 0.3 is 6.18 Å². The molecule has 1 heterocycles. The lowest BCUT2D eigenvalue weighted by atomic mass is 10.1. The molecule has 180 valence electrons. The van der Waals surface area contributed by atoms with Crippen molar-refractivity contribution in [3.05, 3.63) is 93.9 Å². The van der Waals surface area contributed by atoms with Gasteiger partial charge in [-0.25, -0.2) is 0 Å². The number of anilines is 1. The minimum atomic E-state index is -4.42. The van der Waals surface area contributed by atoms with E-state index in [9.17, 15) is 22.8 Å². The summed E-state index contributed by atoms with van der Waals surface area (Å²) in [6, 6.07) is 17.1. The Bertz CT molecular complexity index is 1290. The van der Waals surface area contributed by atoms with Gasteiger partial charge in [-0.2, -0.15) is 13.2 Å². The Labute approximate surface area is 204 Å². The van der Waals surface area contributed by atoms with E-state index in [0.29, 0.717) is 28.3 Å². The van der Waals surface area contributed by atoms with Crippen LogP contribution in [-0.4, -0.2) is 26.0 Å². The quantitative estimate of drug-likeness (QED) is 0.455. The maximum Gasteiger partial charge on any atom is 0.416 e. The molecule has 35 heavy (non-hydrogen) atoms. The topological polar surface area (TPSA) is 58.6 Å². The number of halogens is 3. The van der Waals surface area contributed by atoms with Crippen LogP contribution in [0.5, 0.6) is 5.75 Å². The van der Waals surface area contributed by atoms with Crippen molar-refractivity contribution < 1.29 is 27.5 Å². The molecule has 0 unspecified atom stereocenters. The number of benzene rings is 3. The normalized spacial score (nSPS) is 14.6. The maximum atomic E-state index is 12.9. The van der Waals surface area contributed by atoms with Crippen LogP contribution in [0, 0.1) is 0 Å². The molecule has 0 bridgehead atoms. The van der Waals surface area contributed by atoms with E-state index in [-0.39, 0.29) is 11.8 Å². The largest absolute Gasteiger partial charge is 0.497 e. The zero-order valence-electron chi connectivity index (χ0n) is 18.8. The summed E-state index contributed by atoms with van der Waals surface area (Å²) in [5.41, 5.74) is 1.65. The van der Waals surface area contributed by atoms with Crippen molar-refractivity contribution in [1.29, 1.82) is 0 Å². The minimum absolute atomic E-state index is 0.277. The Morgan fingerprint density at radius 2 is 1.74 bits per heavy atom. The molecule has 0 aliphatic carbocycles. The van der Waals surface area contributed by atoms with Crippen molar-refractivity contribution in [2.24, 2.45) is 0 Å². The van der Waals surface area contributed by atoms with Gasteiger partial charge in [0.15, 0.2) is 0 Å². The molecule has 9 heteroatoms. The van der Waals surface area contributed by atoms with Crippen LogP contribution in [-0.2, 0) is 17.5 Å². The van der Waals surface area contributed by atoms with Gasteiger partial charge in [0.25, 0.3) is 11.8 Å². The van der Waals surface area contributed by atoms with Gasteiger partial charge in [0.1, 0.15) is 5.75 Å². The lowest BCUT2D eigenvalue weighted by molar-refractivity contribution is -0.137. The molecule has 3 aromatic carbocycles. The first-order valence-electron chi connectivity index (χ1n) is 10.6. The number of carbonyl (C=O) groups is 2. The van der Waals surface area contributed by atoms with Crippen molar-refractivity contribution in [1.82, 2.24) is 5.32 Å². The molecule has 0 atom stereocenters. The van der Waals surface area contributed by atoms with Crippen LogP contribution in [0.3, 0.4) is 0 Å². The third-order valence-corrected chi connectivity index (χ3v) is 6.54. The first-order chi connectivity index (χ1) is 16.7.